The number of hydrogen-bond donors (Lipinski definition) is 3. The van der Waals surface area contributed by atoms with Gasteiger partial charge in [-0.3, -0.25) is 9.59 Å². The van der Waals surface area contributed by atoms with E-state index in [1.165, 1.54) is 0 Å². The van der Waals surface area contributed by atoms with Gasteiger partial charge in [-0.05, 0) is 39.1 Å². The lowest BCUT2D eigenvalue weighted by molar-refractivity contribution is -0.117. The average Bonchev–Trinajstić information content (AvgIpc) is 2.38. The molecule has 98 valence electrons. The van der Waals surface area contributed by atoms with Gasteiger partial charge in [-0.15, -0.1) is 0 Å². The van der Waals surface area contributed by atoms with E-state index in [0.717, 1.165) is 0 Å². The second kappa shape index (κ2) is 6.76. The maximum atomic E-state index is 11.7. The molecule has 1 atom stereocenters. The molecule has 1 rings (SSSR count). The maximum absolute atomic E-state index is 11.7. The van der Waals surface area contributed by atoms with Crippen LogP contribution in [-0.4, -0.2) is 31.4 Å². The average molecular weight is 249 g/mol. The van der Waals surface area contributed by atoms with Gasteiger partial charge in [0, 0.05) is 17.8 Å². The molecule has 1 aromatic rings. The van der Waals surface area contributed by atoms with Crippen molar-refractivity contribution >= 4 is 17.5 Å². The second-order valence-corrected chi connectivity index (χ2v) is 3.94. The van der Waals surface area contributed by atoms with Crippen LogP contribution in [0.25, 0.3) is 0 Å². The van der Waals surface area contributed by atoms with E-state index in [2.05, 4.69) is 16.0 Å². The van der Waals surface area contributed by atoms with Crippen molar-refractivity contribution in [2.75, 3.05) is 18.9 Å². The Labute approximate surface area is 107 Å². The Hall–Kier alpha value is -1.88. The van der Waals surface area contributed by atoms with Crippen molar-refractivity contribution in [3.8, 4) is 0 Å². The normalized spacial score (nSPS) is 11.7. The van der Waals surface area contributed by atoms with E-state index >= 15 is 0 Å². The van der Waals surface area contributed by atoms with Crippen LogP contribution in [-0.2, 0) is 4.79 Å². The Balaban J connectivity index is 2.76. The molecule has 1 aromatic carbocycles. The molecule has 0 aromatic heterocycles. The molecule has 0 aliphatic carbocycles. The summed E-state index contributed by atoms with van der Waals surface area (Å²) in [6.07, 6.45) is 0. The van der Waals surface area contributed by atoms with Crippen LogP contribution in [0.2, 0.25) is 0 Å². The fourth-order valence-electron chi connectivity index (χ4n) is 1.38. The predicted octanol–water partition coefficient (Wildman–Crippen LogP) is 0.983. The number of carbonyl (C=O) groups is 2. The Bertz CT molecular complexity index is 432. The molecular formula is C13H19N3O2. The topological polar surface area (TPSA) is 70.2 Å². The number of anilines is 1. The monoisotopic (exact) mass is 249 g/mol. The number of nitrogens with one attached hydrogen (secondary N) is 3. The summed E-state index contributed by atoms with van der Waals surface area (Å²) in [5.41, 5.74) is 1.15. The Kier molecular flexibility index (Phi) is 5.32. The molecule has 0 aliphatic heterocycles. The van der Waals surface area contributed by atoms with E-state index < -0.39 is 0 Å². The van der Waals surface area contributed by atoms with Crippen molar-refractivity contribution in [1.29, 1.82) is 0 Å². The van der Waals surface area contributed by atoms with Crippen LogP contribution >= 0.6 is 0 Å². The van der Waals surface area contributed by atoms with Gasteiger partial charge in [-0.1, -0.05) is 6.07 Å². The van der Waals surface area contributed by atoms with Crippen molar-refractivity contribution in [1.82, 2.24) is 10.6 Å². The molecule has 0 heterocycles. The van der Waals surface area contributed by atoms with Gasteiger partial charge in [-0.2, -0.15) is 0 Å². The summed E-state index contributed by atoms with van der Waals surface area (Å²) in [5.74, 6) is -0.277. The molecule has 0 saturated carbocycles. The lowest BCUT2D eigenvalue weighted by Gasteiger charge is -2.11. The van der Waals surface area contributed by atoms with Crippen LogP contribution in [0.1, 0.15) is 24.2 Å². The van der Waals surface area contributed by atoms with E-state index in [9.17, 15) is 9.59 Å². The summed E-state index contributed by atoms with van der Waals surface area (Å²) < 4.78 is 0. The second-order valence-electron chi connectivity index (χ2n) is 3.94. The summed E-state index contributed by atoms with van der Waals surface area (Å²) >= 11 is 0. The third kappa shape index (κ3) is 3.85. The van der Waals surface area contributed by atoms with Gasteiger partial charge in [0.1, 0.15) is 0 Å². The van der Waals surface area contributed by atoms with Crippen LogP contribution in [0.15, 0.2) is 24.3 Å². The molecule has 5 heteroatoms. The van der Waals surface area contributed by atoms with Crippen LogP contribution in [0.5, 0.6) is 0 Å². The molecule has 0 spiro atoms. The molecule has 0 aliphatic rings. The predicted molar refractivity (Wildman–Crippen MR) is 71.6 cm³/mol. The minimum absolute atomic E-state index is 0.134. The summed E-state index contributed by atoms with van der Waals surface area (Å²) in [5, 5.41) is 8.31. The number of hydrogen-bond acceptors (Lipinski definition) is 3. The third-order valence-electron chi connectivity index (χ3n) is 2.56. The first-order chi connectivity index (χ1) is 8.58. The fourth-order valence-corrected chi connectivity index (χ4v) is 1.38. The molecule has 1 unspecified atom stereocenters. The smallest absolute Gasteiger partial charge is 0.251 e. The fraction of sp³-hybridized carbons (Fsp3) is 0.385. The van der Waals surface area contributed by atoms with Gasteiger partial charge >= 0.3 is 0 Å². The molecule has 3 N–H and O–H groups in total. The van der Waals surface area contributed by atoms with E-state index in [4.69, 9.17) is 0 Å². The van der Waals surface area contributed by atoms with Crippen molar-refractivity contribution < 1.29 is 9.59 Å². The van der Waals surface area contributed by atoms with Crippen LogP contribution < -0.4 is 16.0 Å². The van der Waals surface area contributed by atoms with Gasteiger partial charge in [-0.25, -0.2) is 0 Å². The summed E-state index contributed by atoms with van der Waals surface area (Å²) in [6.45, 7) is 4.20. The van der Waals surface area contributed by atoms with Crippen LogP contribution in [0.3, 0.4) is 0 Å². The van der Waals surface area contributed by atoms with Gasteiger partial charge < -0.3 is 16.0 Å². The molecule has 0 bridgehead atoms. The molecule has 0 saturated heterocycles. The minimum atomic E-state index is -0.280. The first kappa shape index (κ1) is 14.2. The lowest BCUT2D eigenvalue weighted by atomic mass is 10.2. The summed E-state index contributed by atoms with van der Waals surface area (Å²) in [4.78, 5) is 23.3. The standard InChI is InChI=1S/C13H19N3O2/c1-4-15-13(18)10-6-5-7-11(8-10)16-12(17)9(2)14-3/h5-9,14H,4H2,1-3H3,(H,15,18)(H,16,17). The van der Waals surface area contributed by atoms with E-state index in [1.807, 2.05) is 6.92 Å². The van der Waals surface area contributed by atoms with E-state index in [0.29, 0.717) is 17.8 Å². The van der Waals surface area contributed by atoms with Crippen molar-refractivity contribution in [3.63, 3.8) is 0 Å². The quantitative estimate of drug-likeness (QED) is 0.728. The van der Waals surface area contributed by atoms with Crippen LogP contribution in [0, 0.1) is 0 Å². The largest absolute Gasteiger partial charge is 0.352 e. The highest BCUT2D eigenvalue weighted by Crippen LogP contribution is 2.11. The molecule has 0 fully saturated rings. The highest BCUT2D eigenvalue weighted by atomic mass is 16.2. The van der Waals surface area contributed by atoms with Gasteiger partial charge in [0.2, 0.25) is 5.91 Å². The van der Waals surface area contributed by atoms with Crippen molar-refractivity contribution in [3.05, 3.63) is 29.8 Å². The Morgan fingerprint density at radius 1 is 1.33 bits per heavy atom. The molecule has 5 nitrogen and oxygen atoms in total. The number of rotatable bonds is 5. The summed E-state index contributed by atoms with van der Waals surface area (Å²) in [7, 11) is 1.72. The molecule has 2 amide bonds. The highest BCUT2D eigenvalue weighted by Gasteiger charge is 2.11. The van der Waals surface area contributed by atoms with Crippen molar-refractivity contribution in [2.24, 2.45) is 0 Å². The maximum Gasteiger partial charge on any atom is 0.251 e. The zero-order valence-electron chi connectivity index (χ0n) is 10.9. The first-order valence-electron chi connectivity index (χ1n) is 5.94. The SMILES string of the molecule is CCNC(=O)c1cccc(NC(=O)C(C)NC)c1. The zero-order chi connectivity index (χ0) is 13.5. The zero-order valence-corrected chi connectivity index (χ0v) is 10.9. The number of likely N-dealkylation sites (N-methyl/N-ethyl adjacent to an activating group) is 1. The highest BCUT2D eigenvalue weighted by molar-refractivity contribution is 5.98. The Morgan fingerprint density at radius 2 is 2.06 bits per heavy atom. The molecule has 18 heavy (non-hydrogen) atoms. The summed E-state index contributed by atoms with van der Waals surface area (Å²) in [6, 6.07) is 6.58. The third-order valence-corrected chi connectivity index (χ3v) is 2.56. The molecule has 0 radical (unpaired) electrons. The molecular weight excluding hydrogens is 230 g/mol. The Morgan fingerprint density at radius 3 is 2.67 bits per heavy atom. The van der Waals surface area contributed by atoms with Crippen LogP contribution in [0.4, 0.5) is 5.69 Å². The van der Waals surface area contributed by atoms with E-state index in [-0.39, 0.29) is 17.9 Å². The first-order valence-corrected chi connectivity index (χ1v) is 5.94. The van der Waals surface area contributed by atoms with Gasteiger partial charge in [0.15, 0.2) is 0 Å². The number of benzene rings is 1. The van der Waals surface area contributed by atoms with Crippen molar-refractivity contribution in [2.45, 2.75) is 19.9 Å². The lowest BCUT2D eigenvalue weighted by Crippen LogP contribution is -2.35. The number of amides is 2. The van der Waals surface area contributed by atoms with Gasteiger partial charge in [0.25, 0.3) is 5.91 Å². The van der Waals surface area contributed by atoms with Gasteiger partial charge in [0.05, 0.1) is 6.04 Å². The number of carbonyl (C=O) groups excluding carboxylic acids is 2. The van der Waals surface area contributed by atoms with E-state index in [1.54, 1.807) is 38.2 Å². The minimum Gasteiger partial charge on any atom is -0.352 e.